The highest BCUT2D eigenvalue weighted by Gasteiger charge is 2.29. The number of hydrogen-bond donors (Lipinski definition) is 1. The van der Waals surface area contributed by atoms with Gasteiger partial charge in [0.15, 0.2) is 0 Å². The highest BCUT2D eigenvalue weighted by Crippen LogP contribution is 2.42. The molecule has 1 aromatic carbocycles. The summed E-state index contributed by atoms with van der Waals surface area (Å²) in [6.45, 7) is 24.2. The SMILES string of the molecule is C=C(CC)N1CCC(c2ccc(C)c(/C(=C(CCC)/C(/C=C(\C(CC)=NC(C)=N)C3CC3)=C/C)C(C)C)c2)CC1. The van der Waals surface area contributed by atoms with Gasteiger partial charge in [-0.2, -0.15) is 0 Å². The zero-order valence-corrected chi connectivity index (χ0v) is 26.8. The van der Waals surface area contributed by atoms with Crippen LogP contribution in [0.2, 0.25) is 0 Å². The van der Waals surface area contributed by atoms with Gasteiger partial charge >= 0.3 is 0 Å². The summed E-state index contributed by atoms with van der Waals surface area (Å²) in [6.07, 6.45) is 13.7. The first-order valence-electron chi connectivity index (χ1n) is 15.9. The van der Waals surface area contributed by atoms with Gasteiger partial charge in [-0.15, -0.1) is 0 Å². The molecule has 1 heterocycles. The minimum Gasteiger partial charge on any atom is -0.375 e. The van der Waals surface area contributed by atoms with Gasteiger partial charge in [-0.1, -0.05) is 71.9 Å². The molecule has 3 heteroatoms. The standard InChI is InChI=1S/C37H55N3/c1-10-14-33(29(12-3)23-35(31-17-18-31)36(13-4)39-28(9)38)37(25(5)6)34-24-32(16-15-26(34)7)30-19-21-40(22-20-30)27(8)11-2/h12,15-16,23-25,30-31,38H,8,10-11,13-14,17-22H2,1-7,9H3/b29-12+,35-23-,37-33+,38-28?,39-36?. The highest BCUT2D eigenvalue weighted by atomic mass is 15.1. The smallest absolute Gasteiger partial charge is 0.117 e. The molecule has 0 radical (unpaired) electrons. The average Bonchev–Trinajstić information content (AvgIpc) is 3.78. The minimum atomic E-state index is 0.398. The summed E-state index contributed by atoms with van der Waals surface area (Å²) < 4.78 is 0. The van der Waals surface area contributed by atoms with E-state index in [1.807, 2.05) is 0 Å². The molecule has 0 atom stereocenters. The van der Waals surface area contributed by atoms with Gasteiger partial charge in [0.2, 0.25) is 0 Å². The van der Waals surface area contributed by atoms with Crippen molar-refractivity contribution in [3.05, 3.63) is 76.0 Å². The fraction of sp³-hybridized carbons (Fsp3) is 0.568. The number of rotatable bonds is 12. The predicted octanol–water partition coefficient (Wildman–Crippen LogP) is 10.4. The van der Waals surface area contributed by atoms with Gasteiger partial charge in [0.1, 0.15) is 5.84 Å². The van der Waals surface area contributed by atoms with E-state index in [0.717, 1.165) is 44.5 Å². The van der Waals surface area contributed by atoms with Crippen LogP contribution < -0.4 is 0 Å². The van der Waals surface area contributed by atoms with Crippen molar-refractivity contribution in [2.45, 2.75) is 113 Å². The lowest BCUT2D eigenvalue weighted by Crippen LogP contribution is -2.31. The Bertz CT molecular complexity index is 1180. The molecule has 1 aliphatic carbocycles. The van der Waals surface area contributed by atoms with Crippen molar-refractivity contribution in [1.82, 2.24) is 4.90 Å². The molecule has 0 aromatic heterocycles. The molecule has 2 fully saturated rings. The van der Waals surface area contributed by atoms with Gasteiger partial charge in [0, 0.05) is 24.5 Å². The first-order chi connectivity index (χ1) is 19.1. The molecular weight excluding hydrogens is 486 g/mol. The van der Waals surface area contributed by atoms with Crippen LogP contribution >= 0.6 is 0 Å². The van der Waals surface area contributed by atoms with Crippen molar-refractivity contribution in [3.63, 3.8) is 0 Å². The molecule has 40 heavy (non-hydrogen) atoms. The van der Waals surface area contributed by atoms with Crippen LogP contribution in [0.1, 0.15) is 122 Å². The predicted molar refractivity (Wildman–Crippen MR) is 177 cm³/mol. The van der Waals surface area contributed by atoms with E-state index in [-0.39, 0.29) is 0 Å². The summed E-state index contributed by atoms with van der Waals surface area (Å²) in [5.41, 5.74) is 12.3. The molecule has 3 nitrogen and oxygen atoms in total. The van der Waals surface area contributed by atoms with Gasteiger partial charge in [0.05, 0.1) is 0 Å². The highest BCUT2D eigenvalue weighted by molar-refractivity contribution is 6.07. The van der Waals surface area contributed by atoms with Gasteiger partial charge in [-0.05, 0) is 129 Å². The third kappa shape index (κ3) is 7.95. The van der Waals surface area contributed by atoms with Gasteiger partial charge < -0.3 is 4.90 Å². The van der Waals surface area contributed by atoms with E-state index >= 15 is 0 Å². The fourth-order valence-electron chi connectivity index (χ4n) is 6.34. The Morgan fingerprint density at radius 1 is 1.10 bits per heavy atom. The van der Waals surface area contributed by atoms with Crippen molar-refractivity contribution in [1.29, 1.82) is 5.41 Å². The van der Waals surface area contributed by atoms with E-state index < -0.39 is 0 Å². The molecule has 1 N–H and O–H groups in total. The van der Waals surface area contributed by atoms with Crippen molar-refractivity contribution < 1.29 is 0 Å². The van der Waals surface area contributed by atoms with Gasteiger partial charge in [-0.25, -0.2) is 4.99 Å². The van der Waals surface area contributed by atoms with E-state index in [1.165, 1.54) is 70.4 Å². The first kappa shape index (κ1) is 31.8. The quantitative estimate of drug-likeness (QED) is 0.159. The molecule has 1 aromatic rings. The Morgan fingerprint density at radius 2 is 1.77 bits per heavy atom. The zero-order valence-electron chi connectivity index (χ0n) is 26.8. The van der Waals surface area contributed by atoms with Crippen LogP contribution in [0.4, 0.5) is 0 Å². The Kier molecular flexibility index (Phi) is 11.8. The van der Waals surface area contributed by atoms with Gasteiger partial charge in [0.25, 0.3) is 0 Å². The number of piperidine rings is 1. The summed E-state index contributed by atoms with van der Waals surface area (Å²) >= 11 is 0. The molecule has 1 saturated heterocycles. The number of amidine groups is 1. The maximum atomic E-state index is 8.02. The van der Waals surface area contributed by atoms with Crippen molar-refractivity contribution in [3.8, 4) is 0 Å². The van der Waals surface area contributed by atoms with Crippen LogP contribution in [-0.4, -0.2) is 29.5 Å². The maximum Gasteiger partial charge on any atom is 0.117 e. The zero-order chi connectivity index (χ0) is 29.4. The molecule has 0 amide bonds. The molecular formula is C37H55N3. The lowest BCUT2D eigenvalue weighted by atomic mass is 9.80. The Hall–Kier alpha value is -2.68. The number of likely N-dealkylation sites (tertiary alicyclic amines) is 1. The molecule has 2 aliphatic rings. The molecule has 218 valence electrons. The number of nitrogens with one attached hydrogen (secondary N) is 1. The Labute approximate surface area is 245 Å². The third-order valence-electron chi connectivity index (χ3n) is 8.73. The van der Waals surface area contributed by atoms with Crippen LogP contribution in [0.3, 0.4) is 0 Å². The minimum absolute atomic E-state index is 0.398. The number of hydrogen-bond acceptors (Lipinski definition) is 2. The van der Waals surface area contributed by atoms with Crippen LogP contribution in [-0.2, 0) is 0 Å². The Balaban J connectivity index is 2.10. The number of nitrogens with zero attached hydrogens (tertiary/aromatic N) is 2. The first-order valence-corrected chi connectivity index (χ1v) is 15.9. The molecule has 0 bridgehead atoms. The van der Waals surface area contributed by atoms with E-state index in [9.17, 15) is 0 Å². The van der Waals surface area contributed by atoms with Crippen molar-refractivity contribution in [2.75, 3.05) is 13.1 Å². The lowest BCUT2D eigenvalue weighted by molar-refractivity contribution is 0.258. The number of aryl methyl sites for hydroxylation is 1. The van der Waals surface area contributed by atoms with Crippen LogP contribution in [0.25, 0.3) is 5.57 Å². The second kappa shape index (κ2) is 14.8. The van der Waals surface area contributed by atoms with Crippen molar-refractivity contribution >= 4 is 17.1 Å². The third-order valence-corrected chi connectivity index (χ3v) is 8.73. The van der Waals surface area contributed by atoms with Crippen LogP contribution in [0.15, 0.2) is 64.3 Å². The monoisotopic (exact) mass is 541 g/mol. The molecule has 1 saturated carbocycles. The summed E-state index contributed by atoms with van der Waals surface area (Å²) in [4.78, 5) is 7.15. The molecule has 0 unspecified atom stereocenters. The average molecular weight is 542 g/mol. The van der Waals surface area contributed by atoms with Crippen LogP contribution in [0.5, 0.6) is 0 Å². The maximum absolute atomic E-state index is 8.02. The summed E-state index contributed by atoms with van der Waals surface area (Å²) in [5, 5.41) is 8.02. The topological polar surface area (TPSA) is 39.5 Å². The molecule has 0 spiro atoms. The van der Waals surface area contributed by atoms with E-state index in [4.69, 9.17) is 5.41 Å². The van der Waals surface area contributed by atoms with Crippen LogP contribution in [0, 0.1) is 24.2 Å². The summed E-state index contributed by atoms with van der Waals surface area (Å²) in [7, 11) is 0. The summed E-state index contributed by atoms with van der Waals surface area (Å²) in [5.74, 6) is 2.01. The molecule has 1 aliphatic heterocycles. The number of aliphatic imine (C=N–C) groups is 1. The van der Waals surface area contributed by atoms with E-state index in [2.05, 4.69) is 95.3 Å². The lowest BCUT2D eigenvalue weighted by Gasteiger charge is -2.35. The van der Waals surface area contributed by atoms with Crippen molar-refractivity contribution in [2.24, 2.45) is 16.8 Å². The van der Waals surface area contributed by atoms with E-state index in [1.54, 1.807) is 6.92 Å². The summed E-state index contributed by atoms with van der Waals surface area (Å²) in [6, 6.07) is 7.28. The number of benzene rings is 1. The van der Waals surface area contributed by atoms with E-state index in [0.29, 0.717) is 23.6 Å². The molecule has 3 rings (SSSR count). The second-order valence-corrected chi connectivity index (χ2v) is 12.2. The normalized spacial score (nSPS) is 18.3. The second-order valence-electron chi connectivity index (χ2n) is 12.2. The Morgan fingerprint density at radius 3 is 2.27 bits per heavy atom. The number of allylic oxidation sites excluding steroid dienone is 7. The largest absolute Gasteiger partial charge is 0.375 e. The van der Waals surface area contributed by atoms with Gasteiger partial charge in [-0.3, -0.25) is 5.41 Å². The fourth-order valence-corrected chi connectivity index (χ4v) is 6.34.